The van der Waals surface area contributed by atoms with Crippen LogP contribution in [-0.4, -0.2) is 41.6 Å². The molecule has 0 bridgehead atoms. The molecule has 2 fully saturated rings. The summed E-state index contributed by atoms with van der Waals surface area (Å²) in [6, 6.07) is 8.84. The van der Waals surface area contributed by atoms with Gasteiger partial charge in [0.2, 0.25) is 5.91 Å². The van der Waals surface area contributed by atoms with Crippen molar-refractivity contribution >= 4 is 12.0 Å². The molecule has 1 saturated carbocycles. The van der Waals surface area contributed by atoms with Crippen LogP contribution in [0.4, 0.5) is 4.79 Å². The third-order valence-electron chi connectivity index (χ3n) is 5.37. The molecule has 1 unspecified atom stereocenters. The molecular formula is C22H32N2O3. The van der Waals surface area contributed by atoms with Gasteiger partial charge in [0, 0.05) is 19.1 Å². The molecule has 3 rings (SSSR count). The van der Waals surface area contributed by atoms with Crippen molar-refractivity contribution in [2.24, 2.45) is 0 Å². The third kappa shape index (κ3) is 5.47. The van der Waals surface area contributed by atoms with Gasteiger partial charge in [-0.15, -0.1) is 0 Å². The van der Waals surface area contributed by atoms with Gasteiger partial charge in [0.1, 0.15) is 5.60 Å². The summed E-state index contributed by atoms with van der Waals surface area (Å²) < 4.78 is 5.46. The van der Waals surface area contributed by atoms with E-state index in [2.05, 4.69) is 29.6 Å². The number of likely N-dealkylation sites (tertiary alicyclic amines) is 1. The zero-order valence-corrected chi connectivity index (χ0v) is 17.0. The standard InChI is InChI=1S/C22H32N2O3/c1-15(20(25)23-19-9-10-19)16-5-7-17(8-6-16)18-11-13-24(14-12-18)21(26)27-22(2,3)4/h5-8,15,18-19H,9-14H2,1-4H3,(H,23,25). The first-order valence-electron chi connectivity index (χ1n) is 10.1. The highest BCUT2D eigenvalue weighted by Crippen LogP contribution is 2.30. The molecule has 1 aromatic rings. The lowest BCUT2D eigenvalue weighted by molar-refractivity contribution is -0.122. The van der Waals surface area contributed by atoms with E-state index in [1.165, 1.54) is 5.56 Å². The second kappa shape index (κ2) is 7.91. The van der Waals surface area contributed by atoms with Crippen LogP contribution in [0.3, 0.4) is 0 Å². The van der Waals surface area contributed by atoms with Crippen molar-refractivity contribution in [1.29, 1.82) is 0 Å². The first-order valence-corrected chi connectivity index (χ1v) is 10.1. The maximum absolute atomic E-state index is 12.2. The second-order valence-electron chi connectivity index (χ2n) is 8.91. The van der Waals surface area contributed by atoms with Crippen LogP contribution in [0.2, 0.25) is 0 Å². The number of carbonyl (C=O) groups excluding carboxylic acids is 2. The van der Waals surface area contributed by atoms with E-state index < -0.39 is 5.60 Å². The van der Waals surface area contributed by atoms with Gasteiger partial charge < -0.3 is 15.0 Å². The quantitative estimate of drug-likeness (QED) is 0.862. The molecule has 0 aromatic heterocycles. The molecule has 1 saturated heterocycles. The lowest BCUT2D eigenvalue weighted by atomic mass is 9.88. The molecule has 5 heteroatoms. The molecule has 2 aliphatic rings. The van der Waals surface area contributed by atoms with Crippen LogP contribution in [0, 0.1) is 0 Å². The molecule has 1 heterocycles. The van der Waals surface area contributed by atoms with Crippen molar-refractivity contribution in [3.63, 3.8) is 0 Å². The summed E-state index contributed by atoms with van der Waals surface area (Å²) in [5.74, 6) is 0.456. The highest BCUT2D eigenvalue weighted by Gasteiger charge is 2.28. The average Bonchev–Trinajstić information content (AvgIpc) is 3.44. The van der Waals surface area contributed by atoms with Crippen LogP contribution in [-0.2, 0) is 9.53 Å². The number of carbonyl (C=O) groups is 2. The number of benzene rings is 1. The third-order valence-corrected chi connectivity index (χ3v) is 5.37. The fourth-order valence-electron chi connectivity index (χ4n) is 3.48. The van der Waals surface area contributed by atoms with Crippen molar-refractivity contribution in [1.82, 2.24) is 10.2 Å². The number of ether oxygens (including phenoxy) is 1. The summed E-state index contributed by atoms with van der Waals surface area (Å²) in [6.07, 6.45) is 3.89. The maximum atomic E-state index is 12.2. The lowest BCUT2D eigenvalue weighted by Crippen LogP contribution is -2.41. The van der Waals surface area contributed by atoms with E-state index in [9.17, 15) is 9.59 Å². The number of piperidine rings is 1. The summed E-state index contributed by atoms with van der Waals surface area (Å²) in [5.41, 5.74) is 1.90. The van der Waals surface area contributed by atoms with E-state index in [0.717, 1.165) is 44.3 Å². The monoisotopic (exact) mass is 372 g/mol. The Kier molecular flexibility index (Phi) is 5.78. The van der Waals surface area contributed by atoms with Crippen LogP contribution in [0.25, 0.3) is 0 Å². The van der Waals surface area contributed by atoms with Crippen LogP contribution in [0.5, 0.6) is 0 Å². The van der Waals surface area contributed by atoms with Gasteiger partial charge in [0.15, 0.2) is 0 Å². The summed E-state index contributed by atoms with van der Waals surface area (Å²) >= 11 is 0. The lowest BCUT2D eigenvalue weighted by Gasteiger charge is -2.33. The highest BCUT2D eigenvalue weighted by molar-refractivity contribution is 5.83. The number of hydrogen-bond donors (Lipinski definition) is 1. The van der Waals surface area contributed by atoms with Gasteiger partial charge in [0.05, 0.1) is 5.92 Å². The van der Waals surface area contributed by atoms with E-state index in [-0.39, 0.29) is 17.9 Å². The molecule has 1 aliphatic carbocycles. The smallest absolute Gasteiger partial charge is 0.410 e. The molecule has 1 N–H and O–H groups in total. The zero-order valence-electron chi connectivity index (χ0n) is 17.0. The van der Waals surface area contributed by atoms with Crippen molar-refractivity contribution in [2.45, 2.75) is 76.9 Å². The van der Waals surface area contributed by atoms with E-state index in [1.54, 1.807) is 4.90 Å². The Morgan fingerprint density at radius 1 is 1.07 bits per heavy atom. The second-order valence-corrected chi connectivity index (χ2v) is 8.91. The van der Waals surface area contributed by atoms with E-state index in [1.807, 2.05) is 27.7 Å². The van der Waals surface area contributed by atoms with Crippen LogP contribution < -0.4 is 5.32 Å². The van der Waals surface area contributed by atoms with Crippen LogP contribution >= 0.6 is 0 Å². The number of hydrogen-bond acceptors (Lipinski definition) is 3. The largest absolute Gasteiger partial charge is 0.444 e. The molecule has 1 aromatic carbocycles. The minimum Gasteiger partial charge on any atom is -0.444 e. The van der Waals surface area contributed by atoms with Gasteiger partial charge in [-0.3, -0.25) is 4.79 Å². The van der Waals surface area contributed by atoms with Gasteiger partial charge in [-0.1, -0.05) is 24.3 Å². The number of amides is 2. The summed E-state index contributed by atoms with van der Waals surface area (Å²) in [7, 11) is 0. The van der Waals surface area contributed by atoms with Crippen LogP contribution in [0.1, 0.15) is 76.3 Å². The molecule has 5 nitrogen and oxygen atoms in total. The summed E-state index contributed by atoms with van der Waals surface area (Å²) in [4.78, 5) is 26.2. The maximum Gasteiger partial charge on any atom is 0.410 e. The van der Waals surface area contributed by atoms with E-state index >= 15 is 0 Å². The van der Waals surface area contributed by atoms with Crippen LogP contribution in [0.15, 0.2) is 24.3 Å². The zero-order chi connectivity index (χ0) is 19.6. The normalized spacial score (nSPS) is 19.5. The molecule has 0 spiro atoms. The molecule has 1 atom stereocenters. The first kappa shape index (κ1) is 19.7. The van der Waals surface area contributed by atoms with Gasteiger partial charge in [-0.25, -0.2) is 4.79 Å². The average molecular weight is 373 g/mol. The number of nitrogens with zero attached hydrogens (tertiary/aromatic N) is 1. The van der Waals surface area contributed by atoms with E-state index in [4.69, 9.17) is 4.74 Å². The summed E-state index contributed by atoms with van der Waals surface area (Å²) in [6.45, 7) is 9.09. The molecular weight excluding hydrogens is 340 g/mol. The van der Waals surface area contributed by atoms with Gasteiger partial charge in [-0.2, -0.15) is 0 Å². The van der Waals surface area contributed by atoms with Crippen molar-refractivity contribution in [2.75, 3.05) is 13.1 Å². The van der Waals surface area contributed by atoms with E-state index in [0.29, 0.717) is 12.0 Å². The van der Waals surface area contributed by atoms with Crippen molar-refractivity contribution < 1.29 is 14.3 Å². The number of rotatable bonds is 4. The minimum absolute atomic E-state index is 0.117. The molecule has 27 heavy (non-hydrogen) atoms. The fourth-order valence-corrected chi connectivity index (χ4v) is 3.48. The Bertz CT molecular complexity index is 666. The van der Waals surface area contributed by atoms with Gasteiger partial charge >= 0.3 is 6.09 Å². The predicted octanol–water partition coefficient (Wildman–Crippen LogP) is 4.18. The Hall–Kier alpha value is -2.04. The fraction of sp³-hybridized carbons (Fsp3) is 0.636. The number of nitrogens with one attached hydrogen (secondary N) is 1. The molecule has 0 radical (unpaired) electrons. The Labute approximate surface area is 162 Å². The predicted molar refractivity (Wildman–Crippen MR) is 106 cm³/mol. The highest BCUT2D eigenvalue weighted by atomic mass is 16.6. The SMILES string of the molecule is CC(C(=O)NC1CC1)c1ccc(C2CCN(C(=O)OC(C)(C)C)CC2)cc1. The molecule has 2 amide bonds. The minimum atomic E-state index is -0.452. The Morgan fingerprint density at radius 3 is 2.19 bits per heavy atom. The van der Waals surface area contributed by atoms with Gasteiger partial charge in [0.25, 0.3) is 0 Å². The van der Waals surface area contributed by atoms with Gasteiger partial charge in [-0.05, 0) is 70.4 Å². The summed E-state index contributed by atoms with van der Waals surface area (Å²) in [5, 5.41) is 3.07. The van der Waals surface area contributed by atoms with Crippen molar-refractivity contribution in [3.8, 4) is 0 Å². The topological polar surface area (TPSA) is 58.6 Å². The Balaban J connectivity index is 1.52. The van der Waals surface area contributed by atoms with Crippen molar-refractivity contribution in [3.05, 3.63) is 35.4 Å². The molecule has 1 aliphatic heterocycles. The Morgan fingerprint density at radius 2 is 1.67 bits per heavy atom. The first-order chi connectivity index (χ1) is 12.7. The molecule has 148 valence electrons.